The minimum Gasteiger partial charge on any atom is -0.507 e. The number of benzene rings is 2. The lowest BCUT2D eigenvalue weighted by Gasteiger charge is -2.28. The third-order valence-electron chi connectivity index (χ3n) is 5.18. The summed E-state index contributed by atoms with van der Waals surface area (Å²) in [5.41, 5.74) is 1.69. The van der Waals surface area contributed by atoms with E-state index in [1.165, 1.54) is 0 Å². The van der Waals surface area contributed by atoms with Gasteiger partial charge in [0.15, 0.2) is 0 Å². The molecule has 0 aliphatic rings. The molecule has 0 atom stereocenters. The highest BCUT2D eigenvalue weighted by Gasteiger charge is 2.29. The van der Waals surface area contributed by atoms with E-state index in [4.69, 9.17) is 16.3 Å². The van der Waals surface area contributed by atoms with Gasteiger partial charge in [-0.1, -0.05) is 62.3 Å². The number of esters is 1. The number of aromatic hydroxyl groups is 1. The van der Waals surface area contributed by atoms with Crippen LogP contribution in [0.1, 0.15) is 99.7 Å². The molecular formula is C26H33ClO4. The number of phenolic OH excluding ortho intramolecular Hbond substituents is 1. The molecule has 0 radical (unpaired) electrons. The van der Waals surface area contributed by atoms with Gasteiger partial charge in [-0.15, -0.1) is 0 Å². The molecule has 0 bridgehead atoms. The van der Waals surface area contributed by atoms with Crippen LogP contribution >= 0.6 is 11.6 Å². The summed E-state index contributed by atoms with van der Waals surface area (Å²) in [4.78, 5) is 24.8. The molecule has 0 spiro atoms. The molecule has 0 amide bonds. The van der Waals surface area contributed by atoms with E-state index in [-0.39, 0.29) is 22.0 Å². The lowest BCUT2D eigenvalue weighted by molar-refractivity contribution is 0.0731. The average molecular weight is 445 g/mol. The summed E-state index contributed by atoms with van der Waals surface area (Å²) in [5, 5.41) is 10.3. The minimum absolute atomic E-state index is 0.205. The van der Waals surface area contributed by atoms with Crippen LogP contribution in [-0.4, -0.2) is 16.3 Å². The predicted octanol–water partition coefficient (Wildman–Crippen LogP) is 6.88. The van der Waals surface area contributed by atoms with E-state index in [0.717, 1.165) is 0 Å². The number of phenols is 1. The molecule has 4 nitrogen and oxygen atoms in total. The third kappa shape index (κ3) is 5.68. The van der Waals surface area contributed by atoms with Gasteiger partial charge in [0.1, 0.15) is 11.5 Å². The zero-order valence-corrected chi connectivity index (χ0v) is 20.7. The van der Waals surface area contributed by atoms with Crippen LogP contribution < -0.4 is 4.74 Å². The number of rotatable bonds is 3. The van der Waals surface area contributed by atoms with Crippen molar-refractivity contribution in [1.82, 2.24) is 0 Å². The standard InChI is InChI=1S/C26H33ClO4/c1-24(2,3)17-12-15(22(27)29)10-11-20(17)31-23(30)16-13-18(25(4,5)6)21(28)19(14-16)26(7,8)9/h10-14,28H,1-9H3. The van der Waals surface area contributed by atoms with E-state index in [0.29, 0.717) is 33.6 Å². The first-order chi connectivity index (χ1) is 13.9. The molecule has 2 aromatic rings. The smallest absolute Gasteiger partial charge is 0.343 e. The molecule has 168 valence electrons. The van der Waals surface area contributed by atoms with E-state index >= 15 is 0 Å². The normalized spacial score (nSPS) is 12.6. The summed E-state index contributed by atoms with van der Waals surface area (Å²) in [6.07, 6.45) is 0. The van der Waals surface area contributed by atoms with Crippen LogP contribution in [-0.2, 0) is 16.2 Å². The van der Waals surface area contributed by atoms with Gasteiger partial charge in [0.2, 0.25) is 0 Å². The summed E-state index contributed by atoms with van der Waals surface area (Å²) in [7, 11) is 0. The molecule has 1 N–H and O–H groups in total. The molecule has 0 unspecified atom stereocenters. The molecule has 0 fully saturated rings. The molecule has 0 aliphatic heterocycles. The monoisotopic (exact) mass is 444 g/mol. The molecule has 0 aromatic heterocycles. The zero-order chi connectivity index (χ0) is 23.9. The van der Waals surface area contributed by atoms with E-state index in [9.17, 15) is 14.7 Å². The Labute approximate surface area is 190 Å². The van der Waals surface area contributed by atoms with Crippen molar-refractivity contribution in [2.45, 2.75) is 78.6 Å². The highest BCUT2D eigenvalue weighted by atomic mass is 35.5. The van der Waals surface area contributed by atoms with Crippen LogP contribution in [0.25, 0.3) is 0 Å². The second-order valence-electron chi connectivity index (χ2n) is 11.0. The number of carbonyl (C=O) groups excluding carboxylic acids is 2. The molecule has 31 heavy (non-hydrogen) atoms. The molecule has 2 aromatic carbocycles. The van der Waals surface area contributed by atoms with E-state index in [1.54, 1.807) is 30.3 Å². The SMILES string of the molecule is CC(C)(C)c1cc(C(=O)Cl)ccc1OC(=O)c1cc(C(C)(C)C)c(O)c(C(C)(C)C)c1. The van der Waals surface area contributed by atoms with Crippen LogP contribution in [0.2, 0.25) is 0 Å². The summed E-state index contributed by atoms with van der Waals surface area (Å²) >= 11 is 5.64. The summed E-state index contributed by atoms with van der Waals surface area (Å²) in [6, 6.07) is 8.20. The second-order valence-corrected chi connectivity index (χ2v) is 11.4. The Bertz CT molecular complexity index is 980. The van der Waals surface area contributed by atoms with Crippen molar-refractivity contribution in [3.05, 3.63) is 58.1 Å². The van der Waals surface area contributed by atoms with Gasteiger partial charge in [0.05, 0.1) is 5.56 Å². The molecule has 2 rings (SSSR count). The van der Waals surface area contributed by atoms with Crippen molar-refractivity contribution in [3.63, 3.8) is 0 Å². The first kappa shape index (κ1) is 24.9. The average Bonchev–Trinajstić information content (AvgIpc) is 2.58. The summed E-state index contributed by atoms with van der Waals surface area (Å²) < 4.78 is 5.79. The van der Waals surface area contributed by atoms with E-state index in [2.05, 4.69) is 0 Å². The number of hydrogen-bond acceptors (Lipinski definition) is 4. The van der Waals surface area contributed by atoms with Gasteiger partial charge >= 0.3 is 5.97 Å². The van der Waals surface area contributed by atoms with Crippen molar-refractivity contribution in [3.8, 4) is 11.5 Å². The van der Waals surface area contributed by atoms with Crippen molar-refractivity contribution >= 4 is 22.8 Å². The first-order valence-electron chi connectivity index (χ1n) is 10.4. The Morgan fingerprint density at radius 1 is 0.742 bits per heavy atom. The largest absolute Gasteiger partial charge is 0.507 e. The van der Waals surface area contributed by atoms with Gasteiger partial charge in [0.25, 0.3) is 5.24 Å². The van der Waals surface area contributed by atoms with Crippen molar-refractivity contribution in [2.75, 3.05) is 0 Å². The highest BCUT2D eigenvalue weighted by molar-refractivity contribution is 6.67. The molecule has 5 heteroatoms. The van der Waals surface area contributed by atoms with E-state index < -0.39 is 11.2 Å². The number of hydrogen-bond donors (Lipinski definition) is 1. The van der Waals surface area contributed by atoms with Gasteiger partial charge in [-0.05, 0) is 58.2 Å². The maximum absolute atomic E-state index is 13.2. The van der Waals surface area contributed by atoms with Crippen LogP contribution in [0, 0.1) is 0 Å². The second kappa shape index (κ2) is 8.31. The Hall–Kier alpha value is -2.33. The molecular weight excluding hydrogens is 412 g/mol. The first-order valence-corrected chi connectivity index (χ1v) is 10.7. The topological polar surface area (TPSA) is 63.6 Å². The Balaban J connectivity index is 2.60. The van der Waals surface area contributed by atoms with Gasteiger partial charge in [-0.3, -0.25) is 4.79 Å². The fraction of sp³-hybridized carbons (Fsp3) is 0.462. The van der Waals surface area contributed by atoms with Gasteiger partial charge in [-0.2, -0.15) is 0 Å². The highest BCUT2D eigenvalue weighted by Crippen LogP contribution is 2.40. The fourth-order valence-corrected chi connectivity index (χ4v) is 3.50. The third-order valence-corrected chi connectivity index (χ3v) is 5.40. The Morgan fingerprint density at radius 2 is 1.16 bits per heavy atom. The minimum atomic E-state index is -0.563. The van der Waals surface area contributed by atoms with Gasteiger partial charge in [0, 0.05) is 22.3 Å². The van der Waals surface area contributed by atoms with Gasteiger partial charge in [-0.25, -0.2) is 4.79 Å². The maximum Gasteiger partial charge on any atom is 0.343 e. The zero-order valence-electron chi connectivity index (χ0n) is 19.9. The number of ether oxygens (including phenoxy) is 1. The van der Waals surface area contributed by atoms with Crippen molar-refractivity contribution in [2.24, 2.45) is 0 Å². The molecule has 0 aliphatic carbocycles. The summed E-state index contributed by atoms with van der Waals surface area (Å²) in [5.74, 6) is 0.0604. The molecule has 0 saturated carbocycles. The Kier molecular flexibility index (Phi) is 6.68. The van der Waals surface area contributed by atoms with Gasteiger partial charge < -0.3 is 9.84 Å². The maximum atomic E-state index is 13.2. The van der Waals surface area contributed by atoms with Crippen LogP contribution in [0.4, 0.5) is 0 Å². The molecule has 0 heterocycles. The summed E-state index contributed by atoms with van der Waals surface area (Å²) in [6.45, 7) is 17.8. The Morgan fingerprint density at radius 3 is 1.55 bits per heavy atom. The number of halogens is 1. The van der Waals surface area contributed by atoms with Crippen LogP contribution in [0.5, 0.6) is 11.5 Å². The van der Waals surface area contributed by atoms with Crippen LogP contribution in [0.3, 0.4) is 0 Å². The predicted molar refractivity (Wildman–Crippen MR) is 126 cm³/mol. The lowest BCUT2D eigenvalue weighted by Crippen LogP contribution is -2.21. The van der Waals surface area contributed by atoms with Crippen molar-refractivity contribution in [1.29, 1.82) is 0 Å². The van der Waals surface area contributed by atoms with Crippen LogP contribution in [0.15, 0.2) is 30.3 Å². The van der Waals surface area contributed by atoms with E-state index in [1.807, 2.05) is 62.3 Å². The van der Waals surface area contributed by atoms with Crippen molar-refractivity contribution < 1.29 is 19.4 Å². The quantitative estimate of drug-likeness (QED) is 0.318. The number of carbonyl (C=O) groups is 2. The molecule has 0 saturated heterocycles. The fourth-order valence-electron chi connectivity index (χ4n) is 3.38. The lowest BCUT2D eigenvalue weighted by atomic mass is 9.78.